The van der Waals surface area contributed by atoms with Crippen LogP contribution in [0.4, 0.5) is 0 Å². The van der Waals surface area contributed by atoms with Crippen LogP contribution in [0.1, 0.15) is 39.3 Å². The molecule has 2 heterocycles. The molecule has 0 atom stereocenters. The number of carbonyl (C=O) groups excluding carboxylic acids is 1. The molecular formula is C17H18BrN3O. The van der Waals surface area contributed by atoms with E-state index in [4.69, 9.17) is 0 Å². The topological polar surface area (TPSA) is 38.1 Å². The van der Waals surface area contributed by atoms with Crippen LogP contribution in [0.15, 0.2) is 22.9 Å². The van der Waals surface area contributed by atoms with Crippen LogP contribution in [-0.2, 0) is 32.9 Å². The van der Waals surface area contributed by atoms with Gasteiger partial charge >= 0.3 is 0 Å². The van der Waals surface area contributed by atoms with E-state index in [1.54, 1.807) is 0 Å². The summed E-state index contributed by atoms with van der Waals surface area (Å²) in [6, 6.07) is 6.21. The highest BCUT2D eigenvalue weighted by Crippen LogP contribution is 2.26. The van der Waals surface area contributed by atoms with Crippen molar-refractivity contribution in [1.29, 1.82) is 0 Å². The molecule has 0 N–H and O–H groups in total. The van der Waals surface area contributed by atoms with Crippen LogP contribution < -0.4 is 0 Å². The summed E-state index contributed by atoms with van der Waals surface area (Å²) >= 11 is 3.46. The minimum Gasteiger partial charge on any atom is -0.332 e. The van der Waals surface area contributed by atoms with Crippen LogP contribution in [0.25, 0.3) is 0 Å². The maximum atomic E-state index is 12.8. The van der Waals surface area contributed by atoms with Crippen LogP contribution >= 0.6 is 15.9 Å². The first-order chi connectivity index (χ1) is 10.6. The molecule has 1 aromatic carbocycles. The summed E-state index contributed by atoms with van der Waals surface area (Å²) in [5.41, 5.74) is 5.82. The average Bonchev–Trinajstić information content (AvgIpc) is 3.11. The number of aromatic nitrogens is 2. The van der Waals surface area contributed by atoms with Crippen LogP contribution in [0.5, 0.6) is 0 Å². The third-order valence-electron chi connectivity index (χ3n) is 4.83. The number of benzene rings is 1. The Kier molecular flexibility index (Phi) is 3.33. The smallest absolute Gasteiger partial charge is 0.254 e. The van der Waals surface area contributed by atoms with E-state index >= 15 is 0 Å². The molecule has 0 saturated carbocycles. The van der Waals surface area contributed by atoms with Gasteiger partial charge in [0.1, 0.15) is 0 Å². The van der Waals surface area contributed by atoms with Gasteiger partial charge in [0.2, 0.25) is 0 Å². The first-order valence-corrected chi connectivity index (χ1v) is 8.54. The van der Waals surface area contributed by atoms with E-state index in [1.807, 2.05) is 22.6 Å². The average molecular weight is 360 g/mol. The molecule has 22 heavy (non-hydrogen) atoms. The number of aryl methyl sites for hydroxylation is 2. The number of fused-ring (bicyclic) bond motifs is 2. The minimum absolute atomic E-state index is 0.137. The molecule has 0 bridgehead atoms. The van der Waals surface area contributed by atoms with Gasteiger partial charge in [-0.1, -0.05) is 6.07 Å². The van der Waals surface area contributed by atoms with Crippen molar-refractivity contribution >= 4 is 21.8 Å². The number of rotatable bonds is 1. The summed E-state index contributed by atoms with van der Waals surface area (Å²) in [5, 5.41) is 0. The summed E-state index contributed by atoms with van der Waals surface area (Å²) in [6.45, 7) is 1.38. The Morgan fingerprint density at radius 3 is 2.91 bits per heavy atom. The second-order valence-electron chi connectivity index (χ2n) is 6.15. The first kappa shape index (κ1) is 14.0. The van der Waals surface area contributed by atoms with E-state index in [1.165, 1.54) is 17.5 Å². The maximum Gasteiger partial charge on any atom is 0.254 e. The quantitative estimate of drug-likeness (QED) is 0.785. The van der Waals surface area contributed by atoms with Crippen molar-refractivity contribution in [3.8, 4) is 0 Å². The zero-order valence-corrected chi connectivity index (χ0v) is 14.2. The van der Waals surface area contributed by atoms with Gasteiger partial charge < -0.3 is 9.47 Å². The Morgan fingerprint density at radius 1 is 1.23 bits per heavy atom. The van der Waals surface area contributed by atoms with Crippen LogP contribution in [0, 0.1) is 0 Å². The van der Waals surface area contributed by atoms with Crippen molar-refractivity contribution in [2.75, 3.05) is 6.54 Å². The molecule has 1 amide bonds. The Morgan fingerprint density at radius 2 is 2.05 bits per heavy atom. The lowest BCUT2D eigenvalue weighted by atomic mass is 10.0. The highest BCUT2D eigenvalue weighted by atomic mass is 79.9. The normalized spacial score (nSPS) is 16.5. The third kappa shape index (κ3) is 2.19. The van der Waals surface area contributed by atoms with E-state index in [9.17, 15) is 4.79 Å². The molecule has 4 rings (SSSR count). The molecule has 0 fully saturated rings. The van der Waals surface area contributed by atoms with Crippen molar-refractivity contribution in [2.45, 2.75) is 32.2 Å². The molecule has 0 unspecified atom stereocenters. The number of imidazole rings is 1. The largest absolute Gasteiger partial charge is 0.332 e. The Bertz CT molecular complexity index is 766. The number of nitrogens with zero attached hydrogens (tertiary/aromatic N) is 3. The second kappa shape index (κ2) is 5.23. The molecule has 1 aromatic heterocycles. The van der Waals surface area contributed by atoms with E-state index in [2.05, 4.69) is 33.0 Å². The number of hydrogen-bond donors (Lipinski definition) is 0. The number of amides is 1. The van der Waals surface area contributed by atoms with Gasteiger partial charge in [-0.15, -0.1) is 0 Å². The van der Waals surface area contributed by atoms with Crippen LogP contribution in [-0.4, -0.2) is 26.9 Å². The van der Waals surface area contributed by atoms with Gasteiger partial charge in [0.05, 0.1) is 17.9 Å². The highest BCUT2D eigenvalue weighted by molar-refractivity contribution is 9.10. The number of hydrogen-bond acceptors (Lipinski definition) is 2. The van der Waals surface area contributed by atoms with Crippen molar-refractivity contribution < 1.29 is 4.79 Å². The molecule has 4 nitrogen and oxygen atoms in total. The molecular weight excluding hydrogens is 342 g/mol. The fourth-order valence-electron chi connectivity index (χ4n) is 3.51. The lowest BCUT2D eigenvalue weighted by Gasteiger charge is -2.27. The molecule has 1 aliphatic heterocycles. The fraction of sp³-hybridized carbons (Fsp3) is 0.412. The minimum atomic E-state index is 0.137. The predicted molar refractivity (Wildman–Crippen MR) is 87.8 cm³/mol. The number of halogens is 1. The lowest BCUT2D eigenvalue weighted by molar-refractivity contribution is 0.0730. The van der Waals surface area contributed by atoms with Gasteiger partial charge in [0.15, 0.2) is 4.73 Å². The fourth-order valence-corrected chi connectivity index (χ4v) is 3.94. The molecule has 0 radical (unpaired) electrons. The summed E-state index contributed by atoms with van der Waals surface area (Å²) in [6.07, 6.45) is 4.30. The summed E-state index contributed by atoms with van der Waals surface area (Å²) in [4.78, 5) is 19.3. The monoisotopic (exact) mass is 359 g/mol. The predicted octanol–water partition coefficient (Wildman–Crippen LogP) is 2.87. The Balaban J connectivity index is 1.60. The Hall–Kier alpha value is -1.62. The molecule has 2 aliphatic rings. The summed E-state index contributed by atoms with van der Waals surface area (Å²) < 4.78 is 2.86. The Labute approximate surface area is 138 Å². The third-order valence-corrected chi connectivity index (χ3v) is 5.54. The molecule has 2 aromatic rings. The molecule has 1 aliphatic carbocycles. The number of carbonyl (C=O) groups is 1. The van der Waals surface area contributed by atoms with Crippen molar-refractivity contribution in [3.63, 3.8) is 0 Å². The van der Waals surface area contributed by atoms with Gasteiger partial charge in [-0.05, 0) is 58.5 Å². The zero-order chi connectivity index (χ0) is 15.3. The van der Waals surface area contributed by atoms with E-state index in [0.29, 0.717) is 6.54 Å². The molecule has 114 valence electrons. The van der Waals surface area contributed by atoms with Crippen molar-refractivity contribution in [2.24, 2.45) is 7.05 Å². The lowest BCUT2D eigenvalue weighted by Crippen LogP contribution is -2.36. The van der Waals surface area contributed by atoms with E-state index in [0.717, 1.165) is 47.5 Å². The zero-order valence-electron chi connectivity index (χ0n) is 12.6. The van der Waals surface area contributed by atoms with Crippen molar-refractivity contribution in [3.05, 3.63) is 51.0 Å². The van der Waals surface area contributed by atoms with Gasteiger partial charge in [-0.25, -0.2) is 4.98 Å². The molecule has 5 heteroatoms. The second-order valence-corrected chi connectivity index (χ2v) is 6.86. The standard InChI is InChI=1S/C17H18BrN3O/c1-20-15-10-21(8-7-14(15)19-17(20)18)16(22)13-6-5-11-3-2-4-12(11)9-13/h5-6,9H,2-4,7-8,10H2,1H3. The first-order valence-electron chi connectivity index (χ1n) is 7.74. The van der Waals surface area contributed by atoms with Crippen LogP contribution in [0.2, 0.25) is 0 Å². The summed E-state index contributed by atoms with van der Waals surface area (Å²) in [7, 11) is 1.99. The van der Waals surface area contributed by atoms with Gasteiger partial charge in [0, 0.05) is 25.6 Å². The maximum absolute atomic E-state index is 12.8. The van der Waals surface area contributed by atoms with Gasteiger partial charge in [-0.3, -0.25) is 4.79 Å². The van der Waals surface area contributed by atoms with Crippen molar-refractivity contribution in [1.82, 2.24) is 14.5 Å². The van der Waals surface area contributed by atoms with Gasteiger partial charge in [-0.2, -0.15) is 0 Å². The highest BCUT2D eigenvalue weighted by Gasteiger charge is 2.26. The van der Waals surface area contributed by atoms with Gasteiger partial charge in [0.25, 0.3) is 5.91 Å². The van der Waals surface area contributed by atoms with Crippen LogP contribution in [0.3, 0.4) is 0 Å². The van der Waals surface area contributed by atoms with E-state index < -0.39 is 0 Å². The SMILES string of the molecule is Cn1c(Br)nc2c1CN(C(=O)c1ccc3c(c1)CCC3)CC2. The molecule has 0 saturated heterocycles. The summed E-state index contributed by atoms with van der Waals surface area (Å²) in [5.74, 6) is 0.137. The van der Waals surface area contributed by atoms with E-state index in [-0.39, 0.29) is 5.91 Å². The molecule has 0 spiro atoms.